The van der Waals surface area contributed by atoms with Crippen LogP contribution in [0.5, 0.6) is 0 Å². The highest BCUT2D eigenvalue weighted by Gasteiger charge is 2.48. The fraction of sp³-hybridized carbons (Fsp3) is 0.714. The Labute approximate surface area is 117 Å². The van der Waals surface area contributed by atoms with Gasteiger partial charge in [0.1, 0.15) is 0 Å². The van der Waals surface area contributed by atoms with E-state index in [1.807, 2.05) is 17.2 Å². The molecule has 4 atom stereocenters. The molecule has 4 rings (SSSR count). The van der Waals surface area contributed by atoms with Crippen molar-refractivity contribution >= 4 is 11.9 Å². The van der Waals surface area contributed by atoms with E-state index < -0.39 is 17.8 Å². The predicted molar refractivity (Wildman–Crippen MR) is 70.5 cm³/mol. The first-order chi connectivity index (χ1) is 9.66. The Balaban J connectivity index is 1.71. The minimum absolute atomic E-state index is 0.00191. The lowest BCUT2D eigenvalue weighted by Gasteiger charge is -2.42. The molecule has 2 fully saturated rings. The number of fused-ring (bicyclic) bond motifs is 2. The summed E-state index contributed by atoms with van der Waals surface area (Å²) in [7, 11) is 0. The number of amides is 1. The van der Waals surface area contributed by atoms with E-state index in [0.29, 0.717) is 26.3 Å². The van der Waals surface area contributed by atoms with Crippen LogP contribution in [-0.4, -0.2) is 48.3 Å². The van der Waals surface area contributed by atoms with Crippen molar-refractivity contribution in [2.24, 2.45) is 23.7 Å². The molecule has 1 aliphatic heterocycles. The number of carboxylic acid groups (broad SMARTS) is 1. The summed E-state index contributed by atoms with van der Waals surface area (Å²) in [6.45, 7) is 2.50. The molecule has 110 valence electrons. The van der Waals surface area contributed by atoms with Gasteiger partial charge in [0, 0.05) is 13.1 Å². The molecule has 0 radical (unpaired) electrons. The lowest BCUT2D eigenvalue weighted by atomic mass is 9.62. The normalized spacial score (nSPS) is 36.8. The second-order valence-corrected chi connectivity index (χ2v) is 5.76. The third-order valence-electron chi connectivity index (χ3n) is 4.62. The molecule has 1 saturated carbocycles. The van der Waals surface area contributed by atoms with Crippen LogP contribution in [0.25, 0.3) is 0 Å². The summed E-state index contributed by atoms with van der Waals surface area (Å²) in [4.78, 5) is 24.0. The number of hydrazine groups is 1. The topological polar surface area (TPSA) is 78.9 Å². The number of rotatable bonds is 3. The van der Waals surface area contributed by atoms with Crippen molar-refractivity contribution in [2.45, 2.75) is 12.8 Å². The van der Waals surface area contributed by atoms with Gasteiger partial charge < -0.3 is 9.84 Å². The molecule has 2 N–H and O–H groups in total. The van der Waals surface area contributed by atoms with Crippen molar-refractivity contribution in [3.63, 3.8) is 0 Å². The van der Waals surface area contributed by atoms with E-state index in [1.165, 1.54) is 0 Å². The van der Waals surface area contributed by atoms with Crippen molar-refractivity contribution in [1.82, 2.24) is 10.4 Å². The van der Waals surface area contributed by atoms with Crippen LogP contribution in [0.2, 0.25) is 0 Å². The van der Waals surface area contributed by atoms with Crippen molar-refractivity contribution < 1.29 is 19.4 Å². The summed E-state index contributed by atoms with van der Waals surface area (Å²) in [6, 6.07) is 0. The summed E-state index contributed by atoms with van der Waals surface area (Å²) < 4.78 is 5.24. The zero-order valence-corrected chi connectivity index (χ0v) is 11.3. The van der Waals surface area contributed by atoms with Crippen molar-refractivity contribution in [1.29, 1.82) is 0 Å². The number of allylic oxidation sites excluding steroid dienone is 2. The molecule has 20 heavy (non-hydrogen) atoms. The number of carbonyl (C=O) groups is 2. The minimum atomic E-state index is -0.855. The van der Waals surface area contributed by atoms with Crippen molar-refractivity contribution in [3.05, 3.63) is 12.2 Å². The van der Waals surface area contributed by atoms with Gasteiger partial charge in [-0.05, 0) is 24.7 Å². The number of nitrogens with zero attached hydrogens (tertiary/aromatic N) is 1. The average Bonchev–Trinajstić information content (AvgIpc) is 2.48. The molecule has 0 aromatic rings. The first-order valence-corrected chi connectivity index (χ1v) is 7.21. The SMILES string of the molecule is O=C(O)[C@@H]1[C@@H](C(=O)NN2CCOCC2)[C@H]2C=C[C@H]1CC2. The number of nitrogens with one attached hydrogen (secondary N) is 1. The van der Waals surface area contributed by atoms with E-state index in [9.17, 15) is 14.7 Å². The molecular weight excluding hydrogens is 260 g/mol. The standard InChI is InChI=1S/C14H20N2O4/c17-13(15-16-5-7-20-8-6-16)11-9-1-3-10(4-2-9)12(11)14(18)19/h1,3,9-12H,2,4-8H2,(H,15,17)(H,18,19)/t9-,10-,11-,12-/m0/s1. The largest absolute Gasteiger partial charge is 0.481 e. The highest BCUT2D eigenvalue weighted by molar-refractivity contribution is 5.86. The zero-order valence-electron chi connectivity index (χ0n) is 11.3. The molecule has 6 heteroatoms. The molecule has 2 bridgehead atoms. The first kappa shape index (κ1) is 13.6. The molecule has 1 saturated heterocycles. The van der Waals surface area contributed by atoms with Crippen LogP contribution in [-0.2, 0) is 14.3 Å². The van der Waals surface area contributed by atoms with Crippen LogP contribution in [0.3, 0.4) is 0 Å². The summed E-state index contributed by atoms with van der Waals surface area (Å²) in [5, 5.41) is 11.3. The molecule has 1 heterocycles. The zero-order chi connectivity index (χ0) is 14.1. The van der Waals surface area contributed by atoms with E-state index in [4.69, 9.17) is 4.74 Å². The maximum Gasteiger partial charge on any atom is 0.307 e. The number of carbonyl (C=O) groups excluding carboxylic acids is 1. The van der Waals surface area contributed by atoms with Crippen LogP contribution < -0.4 is 5.43 Å². The van der Waals surface area contributed by atoms with Gasteiger partial charge in [0.15, 0.2) is 0 Å². The highest BCUT2D eigenvalue weighted by Crippen LogP contribution is 2.45. The van der Waals surface area contributed by atoms with E-state index >= 15 is 0 Å². The number of aliphatic carboxylic acids is 1. The van der Waals surface area contributed by atoms with Crippen LogP contribution in [0.1, 0.15) is 12.8 Å². The number of hydrogen-bond donors (Lipinski definition) is 2. The van der Waals surface area contributed by atoms with E-state index in [2.05, 4.69) is 5.43 Å². The predicted octanol–water partition coefficient (Wildman–Crippen LogP) is 0.263. The van der Waals surface area contributed by atoms with Gasteiger partial charge in [0.2, 0.25) is 5.91 Å². The molecule has 0 aromatic heterocycles. The first-order valence-electron chi connectivity index (χ1n) is 7.21. The van der Waals surface area contributed by atoms with E-state index in [1.54, 1.807) is 0 Å². The lowest BCUT2D eigenvalue weighted by Crippen LogP contribution is -2.55. The van der Waals surface area contributed by atoms with Crippen molar-refractivity contribution in [3.8, 4) is 0 Å². The summed E-state index contributed by atoms with van der Waals surface area (Å²) in [5.41, 5.74) is 2.88. The minimum Gasteiger partial charge on any atom is -0.481 e. The quantitative estimate of drug-likeness (QED) is 0.725. The Kier molecular flexibility index (Phi) is 3.76. The fourth-order valence-corrected chi connectivity index (χ4v) is 3.59. The van der Waals surface area contributed by atoms with Crippen LogP contribution in [0.15, 0.2) is 12.2 Å². The molecule has 0 unspecified atom stereocenters. The van der Waals surface area contributed by atoms with Gasteiger partial charge in [-0.15, -0.1) is 0 Å². The monoisotopic (exact) mass is 280 g/mol. The summed E-state index contributed by atoms with van der Waals surface area (Å²) in [6.07, 6.45) is 5.79. The smallest absolute Gasteiger partial charge is 0.307 e. The Hall–Kier alpha value is -1.40. The maximum atomic E-state index is 12.5. The Bertz CT molecular complexity index is 431. The number of morpholine rings is 1. The average molecular weight is 280 g/mol. The van der Waals surface area contributed by atoms with Crippen LogP contribution >= 0.6 is 0 Å². The maximum absolute atomic E-state index is 12.5. The molecule has 6 nitrogen and oxygen atoms in total. The number of carboxylic acids is 1. The molecular formula is C14H20N2O4. The summed E-state index contributed by atoms with van der Waals surface area (Å²) in [5.74, 6) is -1.98. The highest BCUT2D eigenvalue weighted by atomic mass is 16.5. The van der Waals surface area contributed by atoms with Gasteiger partial charge in [0.25, 0.3) is 0 Å². The third-order valence-corrected chi connectivity index (χ3v) is 4.62. The number of ether oxygens (including phenoxy) is 1. The van der Waals surface area contributed by atoms with E-state index in [-0.39, 0.29) is 17.7 Å². The molecule has 0 spiro atoms. The second-order valence-electron chi connectivity index (χ2n) is 5.76. The van der Waals surface area contributed by atoms with E-state index in [0.717, 1.165) is 12.8 Å². The molecule has 0 aromatic carbocycles. The van der Waals surface area contributed by atoms with Gasteiger partial charge in [-0.1, -0.05) is 12.2 Å². The molecule has 3 aliphatic carbocycles. The second kappa shape index (κ2) is 5.54. The fourth-order valence-electron chi connectivity index (χ4n) is 3.59. The van der Waals surface area contributed by atoms with Crippen LogP contribution in [0, 0.1) is 23.7 Å². The number of hydrogen-bond acceptors (Lipinski definition) is 4. The van der Waals surface area contributed by atoms with Gasteiger partial charge in [-0.2, -0.15) is 0 Å². The Morgan fingerprint density at radius 3 is 2.25 bits per heavy atom. The Morgan fingerprint density at radius 1 is 1.10 bits per heavy atom. The summed E-state index contributed by atoms with van der Waals surface area (Å²) >= 11 is 0. The van der Waals surface area contributed by atoms with Gasteiger partial charge in [-0.3, -0.25) is 15.0 Å². The van der Waals surface area contributed by atoms with Crippen LogP contribution in [0.4, 0.5) is 0 Å². The molecule has 1 amide bonds. The van der Waals surface area contributed by atoms with Crippen molar-refractivity contribution in [2.75, 3.05) is 26.3 Å². The van der Waals surface area contributed by atoms with Gasteiger partial charge >= 0.3 is 5.97 Å². The lowest BCUT2D eigenvalue weighted by molar-refractivity contribution is -0.155. The van der Waals surface area contributed by atoms with Gasteiger partial charge in [-0.25, -0.2) is 5.01 Å². The third kappa shape index (κ3) is 2.45. The Morgan fingerprint density at radius 2 is 1.70 bits per heavy atom. The van der Waals surface area contributed by atoms with Gasteiger partial charge in [0.05, 0.1) is 25.0 Å². The molecule has 4 aliphatic rings.